The molecule has 108 valence electrons. The van der Waals surface area contributed by atoms with Crippen molar-refractivity contribution in [3.05, 3.63) is 10.8 Å². The summed E-state index contributed by atoms with van der Waals surface area (Å²) >= 11 is 1.43. The summed E-state index contributed by atoms with van der Waals surface area (Å²) in [6.07, 6.45) is 3.64. The van der Waals surface area contributed by atoms with Crippen LogP contribution < -0.4 is 0 Å². The molecular formula is C12H16N4O3S. The lowest BCUT2D eigenvalue weighted by molar-refractivity contribution is -0.143. The van der Waals surface area contributed by atoms with Gasteiger partial charge < -0.3 is 9.84 Å². The Morgan fingerprint density at radius 3 is 3.00 bits per heavy atom. The molecule has 2 heterocycles. The topological polar surface area (TPSA) is 89.6 Å². The van der Waals surface area contributed by atoms with Crippen LogP contribution in [0.3, 0.4) is 0 Å². The number of ether oxygens (including phenoxy) is 1. The third-order valence-corrected chi connectivity index (χ3v) is 4.78. The summed E-state index contributed by atoms with van der Waals surface area (Å²) in [6.45, 7) is 0.345. The van der Waals surface area contributed by atoms with E-state index in [9.17, 15) is 9.90 Å². The molecule has 1 aliphatic rings. The number of carboxylic acid groups (broad SMARTS) is 1. The van der Waals surface area contributed by atoms with E-state index in [1.165, 1.54) is 11.3 Å². The Kier molecular flexibility index (Phi) is 3.66. The van der Waals surface area contributed by atoms with Gasteiger partial charge in [0, 0.05) is 13.0 Å². The van der Waals surface area contributed by atoms with E-state index >= 15 is 0 Å². The largest absolute Gasteiger partial charge is 0.481 e. The fraction of sp³-hybridized carbons (Fsp3) is 0.667. The van der Waals surface area contributed by atoms with Crippen molar-refractivity contribution in [3.63, 3.8) is 0 Å². The zero-order valence-corrected chi connectivity index (χ0v) is 12.0. The van der Waals surface area contributed by atoms with Gasteiger partial charge in [-0.1, -0.05) is 24.2 Å². The van der Waals surface area contributed by atoms with Gasteiger partial charge in [0.2, 0.25) is 4.96 Å². The molecule has 0 radical (unpaired) electrons. The molecule has 0 saturated heterocycles. The van der Waals surface area contributed by atoms with Crippen LogP contribution in [-0.2, 0) is 16.1 Å². The first-order chi connectivity index (χ1) is 9.70. The monoisotopic (exact) mass is 296 g/mol. The number of hydrogen-bond donors (Lipinski definition) is 1. The molecule has 1 aliphatic carbocycles. The van der Waals surface area contributed by atoms with Crippen LogP contribution in [0.1, 0.15) is 42.4 Å². The van der Waals surface area contributed by atoms with Crippen molar-refractivity contribution in [1.82, 2.24) is 19.8 Å². The molecule has 2 unspecified atom stereocenters. The standard InChI is InChI=1S/C12H16N4O3S/c1-19-6-9-13-14-12-16(9)15-10(20-12)7-4-2-3-5-8(7)11(17)18/h7-8H,2-6H2,1H3,(H,17,18). The summed E-state index contributed by atoms with van der Waals surface area (Å²) in [6, 6.07) is 0. The van der Waals surface area contributed by atoms with Crippen LogP contribution in [0, 0.1) is 5.92 Å². The van der Waals surface area contributed by atoms with Crippen molar-refractivity contribution in [2.24, 2.45) is 5.92 Å². The van der Waals surface area contributed by atoms with Gasteiger partial charge in [-0.2, -0.15) is 9.61 Å². The summed E-state index contributed by atoms with van der Waals surface area (Å²) in [5.41, 5.74) is 0. The fourth-order valence-electron chi connectivity index (χ4n) is 2.76. The minimum Gasteiger partial charge on any atom is -0.481 e. The highest BCUT2D eigenvalue weighted by atomic mass is 32.1. The molecule has 0 spiro atoms. The van der Waals surface area contributed by atoms with Gasteiger partial charge in [-0.15, -0.1) is 10.2 Å². The second kappa shape index (κ2) is 5.45. The molecule has 1 fully saturated rings. The third kappa shape index (κ3) is 2.29. The SMILES string of the molecule is COCc1nnc2sc(C3CCCCC3C(=O)O)nn12. The first kappa shape index (κ1) is 13.4. The van der Waals surface area contributed by atoms with Gasteiger partial charge in [0.1, 0.15) is 11.6 Å². The second-order valence-electron chi connectivity index (χ2n) is 5.02. The number of fused-ring (bicyclic) bond motifs is 1. The molecule has 1 saturated carbocycles. The second-order valence-corrected chi connectivity index (χ2v) is 6.01. The Balaban J connectivity index is 1.94. The normalized spacial score (nSPS) is 23.2. The molecule has 2 aromatic heterocycles. The molecular weight excluding hydrogens is 280 g/mol. The van der Waals surface area contributed by atoms with E-state index in [-0.39, 0.29) is 11.8 Å². The van der Waals surface area contributed by atoms with E-state index in [4.69, 9.17) is 4.74 Å². The quantitative estimate of drug-likeness (QED) is 0.923. The highest BCUT2D eigenvalue weighted by Crippen LogP contribution is 2.39. The Hall–Kier alpha value is -1.54. The minimum absolute atomic E-state index is 0.0108. The lowest BCUT2D eigenvalue weighted by Crippen LogP contribution is -2.25. The van der Waals surface area contributed by atoms with E-state index in [1.807, 2.05) is 0 Å². The van der Waals surface area contributed by atoms with Gasteiger partial charge in [0.05, 0.1) is 5.92 Å². The average Bonchev–Trinajstić information content (AvgIpc) is 3.01. The van der Waals surface area contributed by atoms with Crippen LogP contribution in [0.4, 0.5) is 0 Å². The van der Waals surface area contributed by atoms with Crippen molar-refractivity contribution < 1.29 is 14.6 Å². The minimum atomic E-state index is -0.724. The number of hydrogen-bond acceptors (Lipinski definition) is 6. The van der Waals surface area contributed by atoms with Gasteiger partial charge in [-0.3, -0.25) is 4.79 Å². The Bertz CT molecular complexity index is 623. The highest BCUT2D eigenvalue weighted by molar-refractivity contribution is 7.16. The van der Waals surface area contributed by atoms with Crippen LogP contribution in [-0.4, -0.2) is 38.0 Å². The van der Waals surface area contributed by atoms with E-state index in [1.54, 1.807) is 11.6 Å². The average molecular weight is 296 g/mol. The molecule has 0 aromatic carbocycles. The zero-order chi connectivity index (χ0) is 14.1. The Morgan fingerprint density at radius 2 is 2.25 bits per heavy atom. The maximum Gasteiger partial charge on any atom is 0.307 e. The summed E-state index contributed by atoms with van der Waals surface area (Å²) in [4.78, 5) is 12.1. The number of carboxylic acids is 1. The first-order valence-electron chi connectivity index (χ1n) is 6.63. The lowest BCUT2D eigenvalue weighted by atomic mass is 9.80. The molecule has 0 amide bonds. The van der Waals surface area contributed by atoms with E-state index < -0.39 is 5.97 Å². The molecule has 0 aliphatic heterocycles. The summed E-state index contributed by atoms with van der Waals surface area (Å²) in [5.74, 6) is -0.424. The maximum absolute atomic E-state index is 11.4. The number of rotatable bonds is 4. The molecule has 0 bridgehead atoms. The summed E-state index contributed by atoms with van der Waals surface area (Å²) < 4.78 is 6.72. The van der Waals surface area contributed by atoms with Crippen LogP contribution in [0.15, 0.2) is 0 Å². The van der Waals surface area contributed by atoms with Crippen molar-refractivity contribution in [1.29, 1.82) is 0 Å². The van der Waals surface area contributed by atoms with Gasteiger partial charge in [-0.05, 0) is 12.8 Å². The van der Waals surface area contributed by atoms with Gasteiger partial charge >= 0.3 is 5.97 Å². The molecule has 1 N–H and O–H groups in total. The van der Waals surface area contributed by atoms with Crippen LogP contribution in [0.5, 0.6) is 0 Å². The summed E-state index contributed by atoms with van der Waals surface area (Å²) in [7, 11) is 1.59. The van der Waals surface area contributed by atoms with E-state index in [2.05, 4.69) is 15.3 Å². The third-order valence-electron chi connectivity index (χ3n) is 3.74. The van der Waals surface area contributed by atoms with Crippen LogP contribution >= 0.6 is 11.3 Å². The molecule has 2 atom stereocenters. The van der Waals surface area contributed by atoms with Crippen molar-refractivity contribution in [2.45, 2.75) is 38.2 Å². The zero-order valence-electron chi connectivity index (χ0n) is 11.2. The summed E-state index contributed by atoms with van der Waals surface area (Å²) in [5, 5.41) is 22.8. The number of carbonyl (C=O) groups is 1. The Labute approximate surface area is 119 Å². The van der Waals surface area contributed by atoms with Crippen LogP contribution in [0.2, 0.25) is 0 Å². The van der Waals surface area contributed by atoms with Gasteiger partial charge in [0.25, 0.3) is 0 Å². The smallest absolute Gasteiger partial charge is 0.307 e. The number of aliphatic carboxylic acids is 1. The molecule has 3 rings (SSSR count). The predicted octanol–water partition coefficient (Wildman–Crippen LogP) is 1.69. The molecule has 8 heteroatoms. The number of nitrogens with zero attached hydrogens (tertiary/aromatic N) is 4. The molecule has 2 aromatic rings. The lowest BCUT2D eigenvalue weighted by Gasteiger charge is -2.26. The predicted molar refractivity (Wildman–Crippen MR) is 71.7 cm³/mol. The van der Waals surface area contributed by atoms with Gasteiger partial charge in [-0.25, -0.2) is 0 Å². The van der Waals surface area contributed by atoms with Crippen molar-refractivity contribution >= 4 is 22.3 Å². The van der Waals surface area contributed by atoms with Crippen LogP contribution in [0.25, 0.3) is 4.96 Å². The fourth-order valence-corrected chi connectivity index (χ4v) is 3.82. The number of methoxy groups -OCH3 is 1. The van der Waals surface area contributed by atoms with E-state index in [0.29, 0.717) is 17.4 Å². The van der Waals surface area contributed by atoms with Crippen molar-refractivity contribution in [2.75, 3.05) is 7.11 Å². The van der Waals surface area contributed by atoms with Crippen molar-refractivity contribution in [3.8, 4) is 0 Å². The van der Waals surface area contributed by atoms with E-state index in [0.717, 1.165) is 30.7 Å². The number of aromatic nitrogens is 4. The molecule has 7 nitrogen and oxygen atoms in total. The Morgan fingerprint density at radius 1 is 1.45 bits per heavy atom. The molecule has 20 heavy (non-hydrogen) atoms. The van der Waals surface area contributed by atoms with Gasteiger partial charge in [0.15, 0.2) is 5.82 Å². The first-order valence-corrected chi connectivity index (χ1v) is 7.45. The maximum atomic E-state index is 11.4. The highest BCUT2D eigenvalue weighted by Gasteiger charge is 2.34.